The topological polar surface area (TPSA) is 29.3 Å². The van der Waals surface area contributed by atoms with Crippen molar-refractivity contribution in [3.8, 4) is 0 Å². The van der Waals surface area contributed by atoms with Gasteiger partial charge in [0.2, 0.25) is 0 Å². The first-order valence-corrected chi connectivity index (χ1v) is 7.41. The van der Waals surface area contributed by atoms with Gasteiger partial charge in [-0.25, -0.2) is 0 Å². The average Bonchev–Trinajstić information content (AvgIpc) is 2.44. The van der Waals surface area contributed by atoms with Gasteiger partial charge in [-0.1, -0.05) is 35.9 Å². The molecule has 0 aliphatic carbocycles. The lowest BCUT2D eigenvalue weighted by Gasteiger charge is -2.37. The first kappa shape index (κ1) is 13.3. The van der Waals surface area contributed by atoms with Gasteiger partial charge in [0.05, 0.1) is 0 Å². The maximum absolute atomic E-state index is 6.32. The Morgan fingerprint density at radius 1 is 1.25 bits per heavy atom. The van der Waals surface area contributed by atoms with Crippen LogP contribution in [0.25, 0.3) is 0 Å². The van der Waals surface area contributed by atoms with Crippen molar-refractivity contribution in [1.82, 2.24) is 0 Å². The molecule has 1 atom stereocenters. The largest absolute Gasteiger partial charge is 0.399 e. The Hall–Kier alpha value is -1.67. The molecule has 0 bridgehead atoms. The fourth-order valence-corrected chi connectivity index (χ4v) is 3.13. The summed E-state index contributed by atoms with van der Waals surface area (Å²) in [5.74, 6) is 0. The van der Waals surface area contributed by atoms with Crippen LogP contribution in [0.2, 0.25) is 5.02 Å². The van der Waals surface area contributed by atoms with E-state index >= 15 is 0 Å². The van der Waals surface area contributed by atoms with E-state index in [0.717, 1.165) is 23.6 Å². The highest BCUT2D eigenvalue weighted by Gasteiger charge is 2.23. The fraction of sp³-hybridized carbons (Fsp3) is 0.294. The third kappa shape index (κ3) is 2.48. The molecule has 2 aromatic carbocycles. The summed E-state index contributed by atoms with van der Waals surface area (Å²) in [6.45, 7) is 3.11. The molecule has 0 amide bonds. The Morgan fingerprint density at radius 2 is 2.05 bits per heavy atom. The number of nitrogens with two attached hydrogens (primary N) is 1. The first-order chi connectivity index (χ1) is 9.65. The second kappa shape index (κ2) is 5.37. The summed E-state index contributed by atoms with van der Waals surface area (Å²) < 4.78 is 0. The molecule has 20 heavy (non-hydrogen) atoms. The van der Waals surface area contributed by atoms with E-state index in [0.29, 0.717) is 11.7 Å². The van der Waals surface area contributed by atoms with Crippen molar-refractivity contribution >= 4 is 23.0 Å². The Balaban J connectivity index is 1.93. The van der Waals surface area contributed by atoms with Crippen molar-refractivity contribution in [3.05, 3.63) is 58.6 Å². The third-order valence-corrected chi connectivity index (χ3v) is 4.43. The molecule has 1 aliphatic rings. The highest BCUT2D eigenvalue weighted by Crippen LogP contribution is 2.33. The van der Waals surface area contributed by atoms with Gasteiger partial charge in [-0.2, -0.15) is 0 Å². The number of nitrogens with zero attached hydrogens (tertiary/aromatic N) is 1. The molecule has 1 heterocycles. The zero-order valence-electron chi connectivity index (χ0n) is 11.6. The molecule has 1 aliphatic heterocycles. The van der Waals surface area contributed by atoms with Crippen molar-refractivity contribution in [1.29, 1.82) is 0 Å². The molecule has 104 valence electrons. The van der Waals surface area contributed by atoms with Gasteiger partial charge >= 0.3 is 0 Å². The summed E-state index contributed by atoms with van der Waals surface area (Å²) in [5.41, 5.74) is 10.4. The summed E-state index contributed by atoms with van der Waals surface area (Å²) in [7, 11) is 0. The van der Waals surface area contributed by atoms with E-state index in [1.165, 1.54) is 17.7 Å². The predicted octanol–water partition coefficient (Wildman–Crippen LogP) is 4.26. The number of nitrogen functional groups attached to an aromatic ring is 1. The van der Waals surface area contributed by atoms with Crippen molar-refractivity contribution in [2.45, 2.75) is 32.4 Å². The number of rotatable bonds is 2. The normalized spacial score (nSPS) is 17.9. The van der Waals surface area contributed by atoms with E-state index in [2.05, 4.69) is 36.1 Å². The molecule has 3 heteroatoms. The van der Waals surface area contributed by atoms with Gasteiger partial charge in [-0.3, -0.25) is 0 Å². The molecule has 2 N–H and O–H groups in total. The van der Waals surface area contributed by atoms with Gasteiger partial charge in [0.25, 0.3) is 0 Å². The summed E-state index contributed by atoms with van der Waals surface area (Å²) in [6, 6.07) is 15.0. The minimum atomic E-state index is 0.526. The zero-order valence-corrected chi connectivity index (χ0v) is 12.4. The number of para-hydroxylation sites is 1. The van der Waals surface area contributed by atoms with Gasteiger partial charge in [0, 0.05) is 29.0 Å². The molecule has 0 radical (unpaired) electrons. The third-order valence-electron chi connectivity index (χ3n) is 4.08. The number of hydrogen-bond donors (Lipinski definition) is 1. The molecule has 1 unspecified atom stereocenters. The quantitative estimate of drug-likeness (QED) is 0.836. The van der Waals surface area contributed by atoms with E-state index in [1.54, 1.807) is 0 Å². The van der Waals surface area contributed by atoms with E-state index in [-0.39, 0.29) is 0 Å². The van der Waals surface area contributed by atoms with E-state index in [4.69, 9.17) is 17.3 Å². The van der Waals surface area contributed by atoms with Gasteiger partial charge in [-0.15, -0.1) is 0 Å². The van der Waals surface area contributed by atoms with Crippen molar-refractivity contribution in [2.75, 3.05) is 10.6 Å². The van der Waals surface area contributed by atoms with Crippen LogP contribution in [0.5, 0.6) is 0 Å². The first-order valence-electron chi connectivity index (χ1n) is 7.03. The summed E-state index contributed by atoms with van der Waals surface area (Å²) >= 11 is 6.32. The minimum Gasteiger partial charge on any atom is -0.399 e. The molecule has 2 aromatic rings. The van der Waals surface area contributed by atoms with Crippen LogP contribution in [0.1, 0.15) is 24.5 Å². The summed E-state index contributed by atoms with van der Waals surface area (Å²) in [4.78, 5) is 2.44. The number of fused-ring (bicyclic) bond motifs is 1. The maximum Gasteiger partial charge on any atom is 0.0476 e. The fourth-order valence-electron chi connectivity index (χ4n) is 2.88. The van der Waals surface area contributed by atoms with Gasteiger partial charge in [0.1, 0.15) is 0 Å². The Bertz CT molecular complexity index is 624. The number of halogens is 1. The number of hydrogen-bond acceptors (Lipinski definition) is 2. The average molecular weight is 287 g/mol. The monoisotopic (exact) mass is 286 g/mol. The van der Waals surface area contributed by atoms with Crippen LogP contribution in [-0.4, -0.2) is 6.04 Å². The van der Waals surface area contributed by atoms with Crippen LogP contribution in [0, 0.1) is 0 Å². The van der Waals surface area contributed by atoms with Crippen LogP contribution in [0.3, 0.4) is 0 Å². The zero-order chi connectivity index (χ0) is 14.1. The molecule has 0 aromatic heterocycles. The second-order valence-electron chi connectivity index (χ2n) is 5.50. The molecule has 0 fully saturated rings. The Kier molecular flexibility index (Phi) is 3.58. The molecule has 2 nitrogen and oxygen atoms in total. The SMILES string of the molecule is CC1CCc2ccccc2N1Cc1ccc(N)cc1Cl. The summed E-state index contributed by atoms with van der Waals surface area (Å²) in [5, 5.41) is 0.750. The highest BCUT2D eigenvalue weighted by atomic mass is 35.5. The maximum atomic E-state index is 6.32. The standard InChI is InChI=1S/C17H19ClN2/c1-12-6-7-13-4-2-3-5-17(13)20(12)11-14-8-9-15(19)10-16(14)18/h2-5,8-10,12H,6-7,11,19H2,1H3. The molecule has 3 rings (SSSR count). The number of aryl methyl sites for hydroxylation is 1. The van der Waals surface area contributed by atoms with Crippen LogP contribution in [0.4, 0.5) is 11.4 Å². The number of benzene rings is 2. The number of anilines is 2. The Morgan fingerprint density at radius 3 is 2.85 bits per heavy atom. The minimum absolute atomic E-state index is 0.526. The lowest BCUT2D eigenvalue weighted by atomic mass is 9.96. The molecule has 0 spiro atoms. The lowest BCUT2D eigenvalue weighted by Crippen LogP contribution is -2.36. The van der Waals surface area contributed by atoms with Crippen LogP contribution in [0.15, 0.2) is 42.5 Å². The molecular formula is C17H19ClN2. The predicted molar refractivity (Wildman–Crippen MR) is 86.3 cm³/mol. The van der Waals surface area contributed by atoms with Crippen LogP contribution < -0.4 is 10.6 Å². The van der Waals surface area contributed by atoms with Crippen molar-refractivity contribution in [3.63, 3.8) is 0 Å². The van der Waals surface area contributed by atoms with Gasteiger partial charge in [-0.05, 0) is 49.1 Å². The van der Waals surface area contributed by atoms with Crippen LogP contribution in [-0.2, 0) is 13.0 Å². The van der Waals surface area contributed by atoms with E-state index in [1.807, 2.05) is 18.2 Å². The van der Waals surface area contributed by atoms with Crippen LogP contribution >= 0.6 is 11.6 Å². The summed E-state index contributed by atoms with van der Waals surface area (Å²) in [6.07, 6.45) is 2.34. The smallest absolute Gasteiger partial charge is 0.0476 e. The van der Waals surface area contributed by atoms with E-state index < -0.39 is 0 Å². The van der Waals surface area contributed by atoms with Gasteiger partial charge < -0.3 is 10.6 Å². The van der Waals surface area contributed by atoms with E-state index in [9.17, 15) is 0 Å². The molecular weight excluding hydrogens is 268 g/mol. The highest BCUT2D eigenvalue weighted by molar-refractivity contribution is 6.31. The Labute approximate surface area is 125 Å². The van der Waals surface area contributed by atoms with Gasteiger partial charge in [0.15, 0.2) is 0 Å². The van der Waals surface area contributed by atoms with Crippen molar-refractivity contribution < 1.29 is 0 Å². The second-order valence-corrected chi connectivity index (χ2v) is 5.90. The molecule has 0 saturated carbocycles. The van der Waals surface area contributed by atoms with Crippen molar-refractivity contribution in [2.24, 2.45) is 0 Å². The molecule has 0 saturated heterocycles. The lowest BCUT2D eigenvalue weighted by molar-refractivity contribution is 0.560.